The lowest BCUT2D eigenvalue weighted by atomic mass is 10.0. The van der Waals surface area contributed by atoms with Gasteiger partial charge in [0, 0.05) is 19.4 Å². The van der Waals surface area contributed by atoms with E-state index in [2.05, 4.69) is 50.3 Å². The van der Waals surface area contributed by atoms with E-state index >= 15 is 0 Å². The second kappa shape index (κ2) is 45.7. The molecule has 0 spiro atoms. The first-order valence-corrected chi connectivity index (χ1v) is 26.0. The zero-order valence-electron chi connectivity index (χ0n) is 38.2. The molecule has 0 fully saturated rings. The van der Waals surface area contributed by atoms with Gasteiger partial charge in [-0.25, -0.2) is 4.57 Å². The average molecular weight is 854 g/mol. The summed E-state index contributed by atoms with van der Waals surface area (Å²) in [4.78, 5) is 34.9. The van der Waals surface area contributed by atoms with Crippen molar-refractivity contribution in [2.75, 3.05) is 26.4 Å². The van der Waals surface area contributed by atoms with Crippen LogP contribution in [-0.4, -0.2) is 49.3 Å². The lowest BCUT2D eigenvalue weighted by Crippen LogP contribution is -2.29. The van der Waals surface area contributed by atoms with Gasteiger partial charge in [0.25, 0.3) is 0 Å². The van der Waals surface area contributed by atoms with Crippen molar-refractivity contribution >= 4 is 19.8 Å². The second-order valence-electron chi connectivity index (χ2n) is 16.3. The van der Waals surface area contributed by atoms with Gasteiger partial charge in [0.2, 0.25) is 0 Å². The van der Waals surface area contributed by atoms with Crippen LogP contribution in [0.3, 0.4) is 0 Å². The molecule has 1 unspecified atom stereocenters. The van der Waals surface area contributed by atoms with Crippen molar-refractivity contribution in [3.8, 4) is 0 Å². The van der Waals surface area contributed by atoms with Gasteiger partial charge in [-0.05, 0) is 70.6 Å². The van der Waals surface area contributed by atoms with E-state index in [0.717, 1.165) is 51.4 Å². The molecular weight excluding hydrogens is 762 g/mol. The van der Waals surface area contributed by atoms with Crippen molar-refractivity contribution in [1.29, 1.82) is 0 Å². The van der Waals surface area contributed by atoms with Crippen LogP contribution in [0.4, 0.5) is 0 Å². The summed E-state index contributed by atoms with van der Waals surface area (Å²) in [6.07, 6.45) is 51.9. The van der Waals surface area contributed by atoms with Crippen molar-refractivity contribution in [1.82, 2.24) is 0 Å². The highest BCUT2D eigenvalue weighted by Gasteiger charge is 2.26. The Morgan fingerprint density at radius 3 is 1.32 bits per heavy atom. The summed E-state index contributed by atoms with van der Waals surface area (Å²) in [5.74, 6) is -0.877. The monoisotopic (exact) mass is 854 g/mol. The van der Waals surface area contributed by atoms with E-state index in [-0.39, 0.29) is 32.6 Å². The van der Waals surface area contributed by atoms with Gasteiger partial charge in [-0.15, -0.1) is 0 Å². The van der Waals surface area contributed by atoms with Crippen LogP contribution in [0.5, 0.6) is 0 Å². The smallest absolute Gasteiger partial charge is 0.462 e. The molecule has 0 amide bonds. The maximum Gasteiger partial charge on any atom is 0.472 e. The van der Waals surface area contributed by atoms with Crippen molar-refractivity contribution in [3.63, 3.8) is 0 Å². The Balaban J connectivity index is 4.09. The summed E-state index contributed by atoms with van der Waals surface area (Å²) in [5.41, 5.74) is 5.35. The predicted molar refractivity (Wildman–Crippen MR) is 247 cm³/mol. The van der Waals surface area contributed by atoms with Gasteiger partial charge in [-0.2, -0.15) is 0 Å². The minimum absolute atomic E-state index is 0.0480. The third-order valence-corrected chi connectivity index (χ3v) is 11.5. The second-order valence-corrected chi connectivity index (χ2v) is 17.8. The molecule has 0 radical (unpaired) electrons. The van der Waals surface area contributed by atoms with Gasteiger partial charge >= 0.3 is 19.8 Å². The van der Waals surface area contributed by atoms with Gasteiger partial charge in [0.1, 0.15) is 6.61 Å². The lowest BCUT2D eigenvalue weighted by Gasteiger charge is -2.19. The van der Waals surface area contributed by atoms with Gasteiger partial charge in [-0.1, -0.05) is 185 Å². The number of ether oxygens (including phenoxy) is 2. The van der Waals surface area contributed by atoms with Gasteiger partial charge < -0.3 is 20.1 Å². The van der Waals surface area contributed by atoms with E-state index in [9.17, 15) is 19.0 Å². The number of phosphoric ester groups is 1. The molecular formula is C49H92NO8P. The molecule has 0 heterocycles. The Morgan fingerprint density at radius 1 is 0.492 bits per heavy atom. The van der Waals surface area contributed by atoms with Gasteiger partial charge in [0.15, 0.2) is 6.10 Å². The number of unbranched alkanes of at least 4 members (excludes halogenated alkanes) is 27. The Labute approximate surface area is 363 Å². The molecule has 0 aromatic heterocycles. The quantitative estimate of drug-likeness (QED) is 0.0265. The molecule has 0 aliphatic heterocycles. The van der Waals surface area contributed by atoms with Crippen LogP contribution in [0.2, 0.25) is 0 Å². The fourth-order valence-corrected chi connectivity index (χ4v) is 7.59. The number of phosphoric acid groups is 1. The molecule has 0 aromatic rings. The maximum absolute atomic E-state index is 12.6. The first kappa shape index (κ1) is 57.2. The van der Waals surface area contributed by atoms with Crippen LogP contribution in [0, 0.1) is 0 Å². The standard InChI is InChI=1S/C49H92NO8P/c1-3-5-7-9-11-13-15-17-19-20-21-22-23-24-25-26-28-29-31-33-35-37-39-41-48(51)55-45-47(46-57-59(53,54)56-44-43-50)58-49(52)42-40-38-36-34-32-30-27-18-16-14-12-10-8-6-4-2/h14,16,26,28,33,35,47H,3-13,15,17-25,27,29-32,34,36-46,50H2,1-2H3,(H,53,54)/b16-14+,28-26+,35-33+/t47-/m0/s1. The van der Waals surface area contributed by atoms with Crippen LogP contribution in [0.15, 0.2) is 36.5 Å². The average Bonchev–Trinajstić information content (AvgIpc) is 3.22. The number of rotatable bonds is 46. The number of hydrogen-bond donors (Lipinski definition) is 2. The Morgan fingerprint density at radius 2 is 0.864 bits per heavy atom. The van der Waals surface area contributed by atoms with Crippen molar-refractivity contribution in [3.05, 3.63) is 36.5 Å². The highest BCUT2D eigenvalue weighted by atomic mass is 31.2. The molecule has 0 aliphatic rings. The Kier molecular flexibility index (Phi) is 44.4. The molecule has 0 saturated heterocycles. The molecule has 0 saturated carbocycles. The van der Waals surface area contributed by atoms with E-state index < -0.39 is 32.5 Å². The van der Waals surface area contributed by atoms with Gasteiger partial charge in [0.05, 0.1) is 13.2 Å². The number of esters is 2. The number of nitrogens with two attached hydrogens (primary N) is 1. The SMILES string of the molecule is CCCCCC/C=C/CCCCCCCCCC(=O)O[C@@H](COC(=O)CCC/C=C/CC/C=C/CCCCCCCCCCCCCCCC)COP(=O)(O)OCCN. The van der Waals surface area contributed by atoms with Crippen LogP contribution in [0.1, 0.15) is 232 Å². The molecule has 0 rings (SSSR count). The minimum atomic E-state index is -4.39. The summed E-state index contributed by atoms with van der Waals surface area (Å²) >= 11 is 0. The van der Waals surface area contributed by atoms with E-state index in [1.54, 1.807) is 0 Å². The number of carbonyl (C=O) groups is 2. The van der Waals surface area contributed by atoms with Crippen LogP contribution >= 0.6 is 7.82 Å². The summed E-state index contributed by atoms with van der Waals surface area (Å²) < 4.78 is 32.8. The highest BCUT2D eigenvalue weighted by Crippen LogP contribution is 2.43. The van der Waals surface area contributed by atoms with E-state index in [0.29, 0.717) is 12.8 Å². The molecule has 10 heteroatoms. The molecule has 346 valence electrons. The number of allylic oxidation sites excluding steroid dienone is 6. The maximum atomic E-state index is 12.6. The largest absolute Gasteiger partial charge is 0.472 e. The molecule has 0 aromatic carbocycles. The first-order valence-electron chi connectivity index (χ1n) is 24.5. The molecule has 3 N–H and O–H groups in total. The van der Waals surface area contributed by atoms with Crippen molar-refractivity contribution in [2.45, 2.75) is 238 Å². The Bertz CT molecular complexity index is 1060. The normalized spacial score (nSPS) is 13.5. The fourth-order valence-electron chi connectivity index (χ4n) is 6.83. The molecule has 59 heavy (non-hydrogen) atoms. The number of hydrogen-bond acceptors (Lipinski definition) is 8. The van der Waals surface area contributed by atoms with E-state index in [1.807, 2.05) is 0 Å². The van der Waals surface area contributed by atoms with E-state index in [1.165, 1.54) is 141 Å². The topological polar surface area (TPSA) is 134 Å². The van der Waals surface area contributed by atoms with Crippen molar-refractivity contribution in [2.24, 2.45) is 5.73 Å². The summed E-state index contributed by atoms with van der Waals surface area (Å²) in [6.45, 7) is 3.70. The third kappa shape index (κ3) is 45.6. The van der Waals surface area contributed by atoms with Gasteiger partial charge in [-0.3, -0.25) is 18.6 Å². The first-order chi connectivity index (χ1) is 28.8. The van der Waals surface area contributed by atoms with Crippen molar-refractivity contribution < 1.29 is 37.6 Å². The van der Waals surface area contributed by atoms with Crippen LogP contribution in [-0.2, 0) is 32.7 Å². The molecule has 2 atom stereocenters. The highest BCUT2D eigenvalue weighted by molar-refractivity contribution is 7.47. The fraction of sp³-hybridized carbons (Fsp3) is 0.837. The van der Waals surface area contributed by atoms with Crippen LogP contribution < -0.4 is 5.73 Å². The van der Waals surface area contributed by atoms with E-state index in [4.69, 9.17) is 24.3 Å². The molecule has 9 nitrogen and oxygen atoms in total. The summed E-state index contributed by atoms with van der Waals surface area (Å²) in [5, 5.41) is 0. The zero-order chi connectivity index (χ0) is 43.2. The predicted octanol–water partition coefficient (Wildman–Crippen LogP) is 14.5. The Hall–Kier alpha value is -1.77. The lowest BCUT2D eigenvalue weighted by molar-refractivity contribution is -0.161. The molecule has 0 aliphatic carbocycles. The summed E-state index contributed by atoms with van der Waals surface area (Å²) in [7, 11) is -4.39. The summed E-state index contributed by atoms with van der Waals surface area (Å²) in [6, 6.07) is 0. The minimum Gasteiger partial charge on any atom is -0.462 e. The number of carbonyl (C=O) groups excluding carboxylic acids is 2. The molecule has 0 bridgehead atoms. The third-order valence-electron chi connectivity index (χ3n) is 10.5. The zero-order valence-corrected chi connectivity index (χ0v) is 39.1. The van der Waals surface area contributed by atoms with Crippen LogP contribution in [0.25, 0.3) is 0 Å².